The van der Waals surface area contributed by atoms with Crippen LogP contribution < -0.4 is 5.73 Å². The first kappa shape index (κ1) is 11.5. The minimum atomic E-state index is -0.327. The van der Waals surface area contributed by atoms with Gasteiger partial charge < -0.3 is 10.5 Å². The summed E-state index contributed by atoms with van der Waals surface area (Å²) in [4.78, 5) is 11.1. The van der Waals surface area contributed by atoms with Crippen molar-refractivity contribution in [2.24, 2.45) is 5.73 Å². The Morgan fingerprint density at radius 3 is 2.73 bits per heavy atom. The second kappa shape index (κ2) is 6.79. The Labute approximate surface area is 89.5 Å². The van der Waals surface area contributed by atoms with E-state index >= 15 is 0 Å². The van der Waals surface area contributed by atoms with E-state index in [9.17, 15) is 4.79 Å². The maximum absolute atomic E-state index is 11.1. The third-order valence-corrected chi connectivity index (χ3v) is 1.80. The predicted molar refractivity (Wildman–Crippen MR) is 60.1 cm³/mol. The molecule has 2 N–H and O–H groups in total. The fourth-order valence-electron chi connectivity index (χ4n) is 1.03. The molecular weight excluding hydrogens is 190 g/mol. The molecule has 0 unspecified atom stereocenters. The molecule has 0 aliphatic carbocycles. The standard InChI is InChI=1S/C12H15NO2/c13-9-4-10-15-12(14)8-7-11-5-2-1-3-6-11/h1-3,5-8H,4,9-10,13H2/b8-7+. The van der Waals surface area contributed by atoms with E-state index in [1.807, 2.05) is 30.3 Å². The first-order chi connectivity index (χ1) is 7.33. The van der Waals surface area contributed by atoms with Gasteiger partial charge in [-0.1, -0.05) is 30.3 Å². The quantitative estimate of drug-likeness (QED) is 0.451. The van der Waals surface area contributed by atoms with Crippen molar-refractivity contribution in [3.63, 3.8) is 0 Å². The number of rotatable bonds is 5. The maximum Gasteiger partial charge on any atom is 0.330 e. The number of nitrogens with two attached hydrogens (primary N) is 1. The Morgan fingerprint density at radius 1 is 1.33 bits per heavy atom. The molecular formula is C12H15NO2. The second-order valence-corrected chi connectivity index (χ2v) is 3.05. The van der Waals surface area contributed by atoms with Crippen LogP contribution >= 0.6 is 0 Å². The van der Waals surface area contributed by atoms with Gasteiger partial charge in [-0.15, -0.1) is 0 Å². The van der Waals surface area contributed by atoms with Crippen molar-refractivity contribution in [1.82, 2.24) is 0 Å². The van der Waals surface area contributed by atoms with Gasteiger partial charge in [0, 0.05) is 6.08 Å². The summed E-state index contributed by atoms with van der Waals surface area (Å²) in [5.41, 5.74) is 6.25. The van der Waals surface area contributed by atoms with Gasteiger partial charge in [-0.05, 0) is 24.6 Å². The monoisotopic (exact) mass is 205 g/mol. The molecule has 0 fully saturated rings. The number of ether oxygens (including phenoxy) is 1. The molecule has 3 heteroatoms. The van der Waals surface area contributed by atoms with Gasteiger partial charge in [0.15, 0.2) is 0 Å². The van der Waals surface area contributed by atoms with E-state index in [1.54, 1.807) is 6.08 Å². The molecule has 1 aromatic carbocycles. The lowest BCUT2D eigenvalue weighted by atomic mass is 10.2. The Balaban J connectivity index is 2.34. The van der Waals surface area contributed by atoms with Crippen LogP contribution in [0.1, 0.15) is 12.0 Å². The molecule has 0 saturated carbocycles. The van der Waals surface area contributed by atoms with E-state index in [0.29, 0.717) is 19.6 Å². The van der Waals surface area contributed by atoms with E-state index in [2.05, 4.69) is 0 Å². The number of benzene rings is 1. The lowest BCUT2D eigenvalue weighted by Crippen LogP contribution is -2.07. The Bertz CT molecular complexity index is 320. The Morgan fingerprint density at radius 2 is 2.07 bits per heavy atom. The minimum Gasteiger partial charge on any atom is -0.462 e. The molecule has 0 aromatic heterocycles. The van der Waals surface area contributed by atoms with E-state index in [-0.39, 0.29) is 5.97 Å². The van der Waals surface area contributed by atoms with E-state index < -0.39 is 0 Å². The van der Waals surface area contributed by atoms with Gasteiger partial charge >= 0.3 is 5.97 Å². The highest BCUT2D eigenvalue weighted by molar-refractivity contribution is 5.86. The number of carbonyl (C=O) groups excluding carboxylic acids is 1. The second-order valence-electron chi connectivity index (χ2n) is 3.05. The van der Waals surface area contributed by atoms with Crippen LogP contribution in [0.4, 0.5) is 0 Å². The van der Waals surface area contributed by atoms with Crippen LogP contribution in [0.2, 0.25) is 0 Å². The van der Waals surface area contributed by atoms with Crippen molar-refractivity contribution >= 4 is 12.0 Å². The fourth-order valence-corrected chi connectivity index (χ4v) is 1.03. The molecule has 0 amide bonds. The highest BCUT2D eigenvalue weighted by atomic mass is 16.5. The zero-order valence-corrected chi connectivity index (χ0v) is 8.56. The van der Waals surface area contributed by atoms with Crippen molar-refractivity contribution in [1.29, 1.82) is 0 Å². The Kier molecular flexibility index (Phi) is 5.19. The molecule has 1 rings (SSSR count). The largest absolute Gasteiger partial charge is 0.462 e. The molecule has 0 aliphatic heterocycles. The Hall–Kier alpha value is -1.61. The molecule has 3 nitrogen and oxygen atoms in total. The van der Waals surface area contributed by atoms with Gasteiger partial charge in [-0.3, -0.25) is 0 Å². The number of esters is 1. The van der Waals surface area contributed by atoms with Crippen LogP contribution in [-0.4, -0.2) is 19.1 Å². The molecule has 0 saturated heterocycles. The summed E-state index contributed by atoms with van der Waals surface area (Å²) in [6.07, 6.45) is 3.85. The zero-order chi connectivity index (χ0) is 10.9. The molecule has 0 atom stereocenters. The van der Waals surface area contributed by atoms with E-state index in [1.165, 1.54) is 6.08 Å². The third kappa shape index (κ3) is 4.98. The van der Waals surface area contributed by atoms with Crippen LogP contribution in [0, 0.1) is 0 Å². The van der Waals surface area contributed by atoms with Crippen molar-refractivity contribution < 1.29 is 9.53 Å². The highest BCUT2D eigenvalue weighted by Crippen LogP contribution is 2.00. The normalized spacial score (nSPS) is 10.5. The molecule has 0 aliphatic rings. The van der Waals surface area contributed by atoms with E-state index in [4.69, 9.17) is 10.5 Å². The SMILES string of the molecule is NCCCOC(=O)/C=C/c1ccccc1. The molecule has 0 heterocycles. The summed E-state index contributed by atoms with van der Waals surface area (Å²) in [6, 6.07) is 9.60. The first-order valence-corrected chi connectivity index (χ1v) is 4.93. The van der Waals surface area contributed by atoms with Crippen LogP contribution in [0.15, 0.2) is 36.4 Å². The lowest BCUT2D eigenvalue weighted by molar-refractivity contribution is -0.137. The van der Waals surface area contributed by atoms with Crippen LogP contribution in [-0.2, 0) is 9.53 Å². The van der Waals surface area contributed by atoms with Gasteiger partial charge in [-0.2, -0.15) is 0 Å². The minimum absolute atomic E-state index is 0.327. The summed E-state index contributed by atoms with van der Waals surface area (Å²) in [7, 11) is 0. The molecule has 15 heavy (non-hydrogen) atoms. The molecule has 0 radical (unpaired) electrons. The van der Waals surface area contributed by atoms with Gasteiger partial charge in [0.25, 0.3) is 0 Å². The van der Waals surface area contributed by atoms with Gasteiger partial charge in [0.2, 0.25) is 0 Å². The van der Waals surface area contributed by atoms with Gasteiger partial charge in [0.1, 0.15) is 0 Å². The summed E-state index contributed by atoms with van der Waals surface area (Å²) < 4.78 is 4.90. The highest BCUT2D eigenvalue weighted by Gasteiger charge is 1.95. The van der Waals surface area contributed by atoms with E-state index in [0.717, 1.165) is 5.56 Å². The topological polar surface area (TPSA) is 52.3 Å². The maximum atomic E-state index is 11.1. The lowest BCUT2D eigenvalue weighted by Gasteiger charge is -1.98. The number of hydrogen-bond acceptors (Lipinski definition) is 3. The summed E-state index contributed by atoms with van der Waals surface area (Å²) in [5.74, 6) is -0.327. The third-order valence-electron chi connectivity index (χ3n) is 1.80. The summed E-state index contributed by atoms with van der Waals surface area (Å²) in [5, 5.41) is 0. The molecule has 0 spiro atoms. The average molecular weight is 205 g/mol. The molecule has 0 bridgehead atoms. The van der Waals surface area contributed by atoms with Crippen molar-refractivity contribution in [2.45, 2.75) is 6.42 Å². The van der Waals surface area contributed by atoms with Crippen molar-refractivity contribution in [3.8, 4) is 0 Å². The summed E-state index contributed by atoms with van der Waals surface area (Å²) >= 11 is 0. The first-order valence-electron chi connectivity index (χ1n) is 4.93. The zero-order valence-electron chi connectivity index (χ0n) is 8.56. The van der Waals surface area contributed by atoms with Crippen LogP contribution in [0.3, 0.4) is 0 Å². The van der Waals surface area contributed by atoms with Crippen LogP contribution in [0.5, 0.6) is 0 Å². The molecule has 80 valence electrons. The predicted octanol–water partition coefficient (Wildman–Crippen LogP) is 1.59. The van der Waals surface area contributed by atoms with Crippen molar-refractivity contribution in [3.05, 3.63) is 42.0 Å². The average Bonchev–Trinajstić information content (AvgIpc) is 2.28. The molecule has 1 aromatic rings. The van der Waals surface area contributed by atoms with Gasteiger partial charge in [-0.25, -0.2) is 4.79 Å². The van der Waals surface area contributed by atoms with Crippen molar-refractivity contribution in [2.75, 3.05) is 13.2 Å². The van der Waals surface area contributed by atoms with Gasteiger partial charge in [0.05, 0.1) is 6.61 Å². The number of hydrogen-bond donors (Lipinski definition) is 1. The fraction of sp³-hybridized carbons (Fsp3) is 0.250. The summed E-state index contributed by atoms with van der Waals surface area (Å²) in [6.45, 7) is 0.921. The smallest absolute Gasteiger partial charge is 0.330 e. The number of carbonyl (C=O) groups is 1. The van der Waals surface area contributed by atoms with Crippen LogP contribution in [0.25, 0.3) is 6.08 Å².